The predicted molar refractivity (Wildman–Crippen MR) is 108 cm³/mol. The lowest BCUT2D eigenvalue weighted by molar-refractivity contribution is -0.137. The zero-order valence-corrected chi connectivity index (χ0v) is 17.7. The van der Waals surface area contributed by atoms with E-state index < -0.39 is 30.4 Å². The van der Waals surface area contributed by atoms with Crippen LogP contribution in [-0.4, -0.2) is 53.1 Å². The third-order valence-corrected chi connectivity index (χ3v) is 5.57. The first-order valence-electron chi connectivity index (χ1n) is 10.2. The Kier molecular flexibility index (Phi) is 6.08. The van der Waals surface area contributed by atoms with Gasteiger partial charge >= 0.3 is 12.3 Å². The lowest BCUT2D eigenvalue weighted by Crippen LogP contribution is -2.53. The summed E-state index contributed by atoms with van der Waals surface area (Å²) in [6.45, 7) is 5.38. The molecule has 178 valence electrons. The third-order valence-electron chi connectivity index (χ3n) is 5.57. The molecule has 4 rings (SSSR count). The SMILES string of the molecule is CC(C)[C@H]1CN(c2cc(C(F)(F)F)cc(-c3ncnc4c3[C@H](C(F)F)OC(=O)N4)n2)CCN1. The second-order valence-electron chi connectivity index (χ2n) is 8.12. The van der Waals surface area contributed by atoms with Gasteiger partial charge in [-0.15, -0.1) is 0 Å². The van der Waals surface area contributed by atoms with Crippen LogP contribution in [0.25, 0.3) is 11.4 Å². The van der Waals surface area contributed by atoms with Gasteiger partial charge in [0.15, 0.2) is 6.10 Å². The molecule has 2 aromatic rings. The number of carbonyl (C=O) groups excluding carboxylic acids is 1. The highest BCUT2D eigenvalue weighted by atomic mass is 19.4. The number of ether oxygens (including phenoxy) is 1. The van der Waals surface area contributed by atoms with E-state index in [2.05, 4.69) is 30.3 Å². The third kappa shape index (κ3) is 4.68. The van der Waals surface area contributed by atoms with Crippen molar-refractivity contribution in [3.63, 3.8) is 0 Å². The minimum absolute atomic E-state index is 0.0391. The first kappa shape index (κ1) is 23.1. The molecule has 0 bridgehead atoms. The molecule has 1 fully saturated rings. The topological polar surface area (TPSA) is 92.3 Å². The molecule has 2 aromatic heterocycles. The standard InChI is InChI=1S/C20H21F5N6O2/c1-9(2)12-7-31(4-3-26-12)13-6-10(20(23,24)25)5-11(29-13)15-14-16(17(21)22)33-19(32)30-18(14)28-8-27-15/h5-6,8-9,12,16-17,26H,3-4,7H2,1-2H3,(H,27,28,30,32)/t12-,16-/m1/s1. The van der Waals surface area contributed by atoms with E-state index in [1.165, 1.54) is 0 Å². The maximum atomic E-state index is 13.7. The molecule has 8 nitrogen and oxygen atoms in total. The van der Waals surface area contributed by atoms with E-state index in [9.17, 15) is 26.7 Å². The molecule has 0 saturated carbocycles. The van der Waals surface area contributed by atoms with Gasteiger partial charge in [-0.1, -0.05) is 13.8 Å². The fourth-order valence-corrected chi connectivity index (χ4v) is 3.84. The van der Waals surface area contributed by atoms with Gasteiger partial charge in [0.2, 0.25) is 0 Å². The number of fused-ring (bicyclic) bond motifs is 1. The van der Waals surface area contributed by atoms with Crippen molar-refractivity contribution in [2.24, 2.45) is 5.92 Å². The largest absolute Gasteiger partial charge is 0.435 e. The Morgan fingerprint density at radius 1 is 1.21 bits per heavy atom. The Hall–Kier alpha value is -3.09. The number of amides is 1. The van der Waals surface area contributed by atoms with Crippen LogP contribution in [0.1, 0.15) is 31.1 Å². The molecular formula is C20H21F5N6O2. The molecule has 2 N–H and O–H groups in total. The molecule has 1 amide bonds. The van der Waals surface area contributed by atoms with Crippen molar-refractivity contribution in [2.75, 3.05) is 29.9 Å². The van der Waals surface area contributed by atoms with Gasteiger partial charge in [-0.05, 0) is 18.1 Å². The number of piperazine rings is 1. The van der Waals surface area contributed by atoms with Crippen molar-refractivity contribution in [1.82, 2.24) is 20.3 Å². The van der Waals surface area contributed by atoms with Crippen LogP contribution in [0.4, 0.5) is 38.4 Å². The zero-order chi connectivity index (χ0) is 23.9. The fraction of sp³-hybridized carbons (Fsp3) is 0.500. The van der Waals surface area contributed by atoms with Gasteiger partial charge in [0.1, 0.15) is 23.7 Å². The van der Waals surface area contributed by atoms with Gasteiger partial charge < -0.3 is 15.0 Å². The van der Waals surface area contributed by atoms with Crippen LogP contribution in [0.2, 0.25) is 0 Å². The van der Waals surface area contributed by atoms with E-state index in [4.69, 9.17) is 0 Å². The van der Waals surface area contributed by atoms with Crippen LogP contribution in [0.3, 0.4) is 0 Å². The van der Waals surface area contributed by atoms with E-state index in [0.717, 1.165) is 18.5 Å². The summed E-state index contributed by atoms with van der Waals surface area (Å²) in [5.41, 5.74) is -1.87. The number of halogens is 5. The Morgan fingerprint density at radius 2 is 1.97 bits per heavy atom. The van der Waals surface area contributed by atoms with Crippen LogP contribution in [0.5, 0.6) is 0 Å². The van der Waals surface area contributed by atoms with Gasteiger partial charge in [0.05, 0.1) is 16.8 Å². The maximum Gasteiger partial charge on any atom is 0.416 e. The number of nitrogens with zero attached hydrogens (tertiary/aromatic N) is 4. The normalized spacial score (nSPS) is 21.1. The molecular weight excluding hydrogens is 451 g/mol. The van der Waals surface area contributed by atoms with Crippen molar-refractivity contribution < 1.29 is 31.5 Å². The van der Waals surface area contributed by atoms with Crippen molar-refractivity contribution >= 4 is 17.7 Å². The molecule has 2 aliphatic heterocycles. The van der Waals surface area contributed by atoms with Crippen molar-refractivity contribution in [3.05, 3.63) is 29.6 Å². The molecule has 0 radical (unpaired) electrons. The fourth-order valence-electron chi connectivity index (χ4n) is 3.84. The number of anilines is 2. The summed E-state index contributed by atoms with van der Waals surface area (Å²) < 4.78 is 73.2. The summed E-state index contributed by atoms with van der Waals surface area (Å²) in [4.78, 5) is 25.4. The number of carbonyl (C=O) groups is 1. The summed E-state index contributed by atoms with van der Waals surface area (Å²) in [5, 5.41) is 5.50. The molecule has 33 heavy (non-hydrogen) atoms. The van der Waals surface area contributed by atoms with E-state index in [1.54, 1.807) is 4.90 Å². The Bertz CT molecular complexity index is 1050. The van der Waals surface area contributed by atoms with Crippen LogP contribution in [-0.2, 0) is 10.9 Å². The number of alkyl halides is 5. The summed E-state index contributed by atoms with van der Waals surface area (Å²) in [7, 11) is 0. The minimum atomic E-state index is -4.71. The molecule has 0 unspecified atom stereocenters. The Balaban J connectivity index is 1.85. The molecule has 1 saturated heterocycles. The van der Waals surface area contributed by atoms with E-state index >= 15 is 0 Å². The number of pyridine rings is 1. The lowest BCUT2D eigenvalue weighted by atomic mass is 10.0. The number of nitrogens with one attached hydrogen (secondary N) is 2. The molecule has 4 heterocycles. The molecule has 2 aliphatic rings. The number of hydrogen-bond donors (Lipinski definition) is 2. The average molecular weight is 472 g/mol. The number of hydrogen-bond acceptors (Lipinski definition) is 7. The summed E-state index contributed by atoms with van der Waals surface area (Å²) in [6, 6.07) is 1.72. The van der Waals surface area contributed by atoms with Crippen LogP contribution in [0.15, 0.2) is 18.5 Å². The van der Waals surface area contributed by atoms with Crippen molar-refractivity contribution in [1.29, 1.82) is 0 Å². The predicted octanol–water partition coefficient (Wildman–Crippen LogP) is 3.86. The van der Waals surface area contributed by atoms with Crippen LogP contribution < -0.4 is 15.5 Å². The second kappa shape index (κ2) is 8.69. The minimum Gasteiger partial charge on any atom is -0.435 e. The maximum absolute atomic E-state index is 13.7. The molecule has 13 heteroatoms. The van der Waals surface area contributed by atoms with Crippen molar-refractivity contribution in [2.45, 2.75) is 38.6 Å². The first-order chi connectivity index (χ1) is 15.5. The number of cyclic esters (lactones) is 1. The molecule has 2 atom stereocenters. The van der Waals surface area contributed by atoms with E-state index in [1.807, 2.05) is 13.8 Å². The average Bonchev–Trinajstić information content (AvgIpc) is 2.77. The lowest BCUT2D eigenvalue weighted by Gasteiger charge is -2.36. The number of aromatic nitrogens is 3. The Labute approximate surface area is 185 Å². The quantitative estimate of drug-likeness (QED) is 0.653. The van der Waals surface area contributed by atoms with Gasteiger partial charge in [-0.2, -0.15) is 13.2 Å². The Morgan fingerprint density at radius 3 is 2.64 bits per heavy atom. The zero-order valence-electron chi connectivity index (χ0n) is 17.7. The van der Waals surface area contributed by atoms with Gasteiger partial charge in [-0.3, -0.25) is 5.32 Å². The molecule has 0 aromatic carbocycles. The summed E-state index contributed by atoms with van der Waals surface area (Å²) in [5.74, 6) is 0.0255. The van der Waals surface area contributed by atoms with Gasteiger partial charge in [0.25, 0.3) is 6.43 Å². The first-order valence-corrected chi connectivity index (χ1v) is 10.2. The highest BCUT2D eigenvalue weighted by Gasteiger charge is 2.39. The van der Waals surface area contributed by atoms with Crippen molar-refractivity contribution in [3.8, 4) is 11.4 Å². The van der Waals surface area contributed by atoms with E-state index in [-0.39, 0.29) is 40.5 Å². The molecule has 0 spiro atoms. The van der Waals surface area contributed by atoms with Gasteiger partial charge in [-0.25, -0.2) is 28.5 Å². The highest BCUT2D eigenvalue weighted by Crippen LogP contribution is 2.41. The smallest absolute Gasteiger partial charge is 0.416 e. The second-order valence-corrected chi connectivity index (χ2v) is 8.12. The monoisotopic (exact) mass is 472 g/mol. The summed E-state index contributed by atoms with van der Waals surface area (Å²) in [6.07, 6.45) is -10.1. The number of rotatable bonds is 4. The summed E-state index contributed by atoms with van der Waals surface area (Å²) >= 11 is 0. The van der Waals surface area contributed by atoms with Gasteiger partial charge in [0, 0.05) is 25.7 Å². The molecule has 0 aliphatic carbocycles. The van der Waals surface area contributed by atoms with Crippen LogP contribution in [0, 0.1) is 5.92 Å². The van der Waals surface area contributed by atoms with Crippen LogP contribution >= 0.6 is 0 Å². The highest BCUT2D eigenvalue weighted by molar-refractivity contribution is 5.88. The van der Waals surface area contributed by atoms with E-state index in [0.29, 0.717) is 19.6 Å².